The van der Waals surface area contributed by atoms with Crippen molar-refractivity contribution >= 4 is 11.9 Å². The van der Waals surface area contributed by atoms with Gasteiger partial charge in [0.2, 0.25) is 5.91 Å². The van der Waals surface area contributed by atoms with Crippen LogP contribution in [0.15, 0.2) is 48.5 Å². The van der Waals surface area contributed by atoms with Crippen molar-refractivity contribution in [2.45, 2.75) is 24.9 Å². The summed E-state index contributed by atoms with van der Waals surface area (Å²) in [5.41, 5.74) is 6.61. The van der Waals surface area contributed by atoms with Crippen molar-refractivity contribution in [3.05, 3.63) is 71.3 Å². The molecule has 0 heterocycles. The average Bonchev–Trinajstić information content (AvgIpc) is 2.57. The van der Waals surface area contributed by atoms with Gasteiger partial charge in [-0.05, 0) is 35.7 Å². The molecule has 0 aliphatic carbocycles. The number of carbonyl (C=O) groups excluding carboxylic acids is 1. The molecule has 2 aromatic rings. The summed E-state index contributed by atoms with van der Waals surface area (Å²) in [6, 6.07) is 8.93. The third-order valence-electron chi connectivity index (χ3n) is 3.70. The van der Waals surface area contributed by atoms with Crippen LogP contribution in [0.2, 0.25) is 0 Å². The van der Waals surface area contributed by atoms with Gasteiger partial charge in [-0.15, -0.1) is 0 Å². The number of nitrogens with two attached hydrogens (primary N) is 1. The third-order valence-corrected chi connectivity index (χ3v) is 3.70. The molecule has 0 saturated carbocycles. The molecule has 1 amide bonds. The van der Waals surface area contributed by atoms with E-state index in [-0.39, 0.29) is 18.4 Å². The first-order chi connectivity index (χ1) is 11.9. The molecule has 2 aromatic carbocycles. The van der Waals surface area contributed by atoms with Crippen LogP contribution in [-0.4, -0.2) is 29.1 Å². The highest BCUT2D eigenvalue weighted by molar-refractivity contribution is 5.87. The van der Waals surface area contributed by atoms with Crippen molar-refractivity contribution in [1.82, 2.24) is 5.32 Å². The van der Waals surface area contributed by atoms with E-state index in [4.69, 9.17) is 5.73 Å². The van der Waals surface area contributed by atoms with E-state index >= 15 is 0 Å². The summed E-state index contributed by atoms with van der Waals surface area (Å²) in [6.45, 7) is 0. The second kappa shape index (κ2) is 8.34. The van der Waals surface area contributed by atoms with Crippen LogP contribution in [0.3, 0.4) is 0 Å². The molecule has 0 bridgehead atoms. The fraction of sp³-hybridized carbons (Fsp3) is 0.222. The largest absolute Gasteiger partial charge is 0.480 e. The Labute approximate surface area is 143 Å². The highest BCUT2D eigenvalue weighted by atomic mass is 19.1. The lowest BCUT2D eigenvalue weighted by atomic mass is 10.0. The molecule has 2 rings (SSSR count). The van der Waals surface area contributed by atoms with Crippen LogP contribution >= 0.6 is 0 Å². The molecule has 4 N–H and O–H groups in total. The predicted molar refractivity (Wildman–Crippen MR) is 87.7 cm³/mol. The van der Waals surface area contributed by atoms with E-state index in [9.17, 15) is 23.5 Å². The van der Waals surface area contributed by atoms with E-state index < -0.39 is 35.6 Å². The van der Waals surface area contributed by atoms with Crippen LogP contribution in [0.5, 0.6) is 0 Å². The van der Waals surface area contributed by atoms with Crippen LogP contribution in [0, 0.1) is 11.6 Å². The normalized spacial score (nSPS) is 13.1. The number of rotatable bonds is 7. The number of aliphatic carboxylic acids is 1. The van der Waals surface area contributed by atoms with Crippen molar-refractivity contribution < 1.29 is 23.5 Å². The lowest BCUT2D eigenvalue weighted by Crippen LogP contribution is -2.50. The van der Waals surface area contributed by atoms with Crippen molar-refractivity contribution in [2.24, 2.45) is 5.73 Å². The zero-order valence-electron chi connectivity index (χ0n) is 13.3. The summed E-state index contributed by atoms with van der Waals surface area (Å²) in [4.78, 5) is 23.5. The molecular weight excluding hydrogens is 330 g/mol. The smallest absolute Gasteiger partial charge is 0.326 e. The van der Waals surface area contributed by atoms with Crippen LogP contribution in [0.25, 0.3) is 0 Å². The Bertz CT molecular complexity index is 750. The SMILES string of the molecule is NC(Cc1ccc(F)cc1)C(=O)N[C@@H](Cc1ccccc1F)C(=O)O. The van der Waals surface area contributed by atoms with Crippen LogP contribution in [0.1, 0.15) is 11.1 Å². The van der Waals surface area contributed by atoms with E-state index in [1.807, 2.05) is 0 Å². The van der Waals surface area contributed by atoms with E-state index in [2.05, 4.69) is 5.32 Å². The van der Waals surface area contributed by atoms with Gasteiger partial charge in [-0.3, -0.25) is 4.79 Å². The summed E-state index contributed by atoms with van der Waals surface area (Å²) in [5.74, 6) is -2.91. The minimum absolute atomic E-state index is 0.123. The van der Waals surface area contributed by atoms with Crippen molar-refractivity contribution in [3.8, 4) is 0 Å². The standard InChI is InChI=1S/C18H18F2N2O3/c19-13-7-5-11(6-8-13)9-15(21)17(23)22-16(18(24)25)10-12-3-1-2-4-14(12)20/h1-8,15-16H,9-10,21H2,(H,22,23)(H,24,25)/t15?,16-/m0/s1. The Morgan fingerprint density at radius 2 is 1.68 bits per heavy atom. The minimum Gasteiger partial charge on any atom is -0.480 e. The van der Waals surface area contributed by atoms with Gasteiger partial charge in [0.1, 0.15) is 17.7 Å². The first-order valence-corrected chi connectivity index (χ1v) is 7.63. The average molecular weight is 348 g/mol. The Kier molecular flexibility index (Phi) is 6.19. The molecule has 5 nitrogen and oxygen atoms in total. The molecule has 25 heavy (non-hydrogen) atoms. The van der Waals surface area contributed by atoms with Gasteiger partial charge >= 0.3 is 5.97 Å². The lowest BCUT2D eigenvalue weighted by Gasteiger charge is -2.18. The molecule has 7 heteroatoms. The van der Waals surface area contributed by atoms with Gasteiger partial charge in [-0.1, -0.05) is 30.3 Å². The van der Waals surface area contributed by atoms with E-state index in [1.165, 1.54) is 42.5 Å². The third kappa shape index (κ3) is 5.36. The molecule has 1 unspecified atom stereocenters. The number of carboxylic acids is 1. The van der Waals surface area contributed by atoms with Gasteiger partial charge in [0.25, 0.3) is 0 Å². The highest BCUT2D eigenvalue weighted by Crippen LogP contribution is 2.10. The Hall–Kier alpha value is -2.80. The first kappa shape index (κ1) is 18.5. The van der Waals surface area contributed by atoms with Gasteiger partial charge in [0, 0.05) is 6.42 Å². The number of benzene rings is 2. The highest BCUT2D eigenvalue weighted by Gasteiger charge is 2.24. The summed E-state index contributed by atoms with van der Waals surface area (Å²) in [7, 11) is 0. The molecule has 0 aliphatic heterocycles. The van der Waals surface area contributed by atoms with Crippen LogP contribution < -0.4 is 11.1 Å². The number of nitrogens with one attached hydrogen (secondary N) is 1. The number of carbonyl (C=O) groups is 2. The lowest BCUT2D eigenvalue weighted by molar-refractivity contribution is -0.142. The maximum Gasteiger partial charge on any atom is 0.326 e. The van der Waals surface area contributed by atoms with Gasteiger partial charge < -0.3 is 16.2 Å². The zero-order chi connectivity index (χ0) is 18.4. The molecule has 0 aliphatic rings. The van der Waals surface area contributed by atoms with E-state index in [1.54, 1.807) is 6.07 Å². The second-order valence-electron chi connectivity index (χ2n) is 5.63. The molecule has 0 saturated heterocycles. The van der Waals surface area contributed by atoms with Crippen molar-refractivity contribution in [2.75, 3.05) is 0 Å². The Morgan fingerprint density at radius 3 is 2.28 bits per heavy atom. The number of hydrogen-bond acceptors (Lipinski definition) is 3. The second-order valence-corrected chi connectivity index (χ2v) is 5.63. The Balaban J connectivity index is 2.00. The quantitative estimate of drug-likeness (QED) is 0.709. The summed E-state index contributed by atoms with van der Waals surface area (Å²) in [5, 5.41) is 11.6. The fourth-order valence-electron chi connectivity index (χ4n) is 2.33. The first-order valence-electron chi connectivity index (χ1n) is 7.63. The van der Waals surface area contributed by atoms with Crippen LogP contribution in [-0.2, 0) is 22.4 Å². The fourth-order valence-corrected chi connectivity index (χ4v) is 2.33. The van der Waals surface area contributed by atoms with Gasteiger partial charge in [-0.2, -0.15) is 0 Å². The maximum atomic E-state index is 13.7. The van der Waals surface area contributed by atoms with Crippen molar-refractivity contribution in [3.63, 3.8) is 0 Å². The number of hydrogen-bond donors (Lipinski definition) is 3. The van der Waals surface area contributed by atoms with Gasteiger partial charge in [0.05, 0.1) is 6.04 Å². The van der Waals surface area contributed by atoms with Crippen LogP contribution in [0.4, 0.5) is 8.78 Å². The number of carboxylic acid groups (broad SMARTS) is 1. The molecular formula is C18H18F2N2O3. The molecule has 132 valence electrons. The number of amides is 1. The topological polar surface area (TPSA) is 92.4 Å². The molecule has 0 spiro atoms. The number of halogens is 2. The van der Waals surface area contributed by atoms with Gasteiger partial charge in [0.15, 0.2) is 0 Å². The molecule has 0 radical (unpaired) electrons. The predicted octanol–water partition coefficient (Wildman–Crippen LogP) is 1.65. The Morgan fingerprint density at radius 1 is 1.04 bits per heavy atom. The summed E-state index contributed by atoms with van der Waals surface area (Å²) in [6.07, 6.45) is -0.0742. The van der Waals surface area contributed by atoms with E-state index in [0.29, 0.717) is 5.56 Å². The van der Waals surface area contributed by atoms with Crippen molar-refractivity contribution in [1.29, 1.82) is 0 Å². The molecule has 2 atom stereocenters. The summed E-state index contributed by atoms with van der Waals surface area (Å²) < 4.78 is 26.5. The molecule has 0 fully saturated rings. The monoisotopic (exact) mass is 348 g/mol. The zero-order valence-corrected chi connectivity index (χ0v) is 13.3. The summed E-state index contributed by atoms with van der Waals surface area (Å²) >= 11 is 0. The minimum atomic E-state index is -1.30. The maximum absolute atomic E-state index is 13.7. The van der Waals surface area contributed by atoms with Gasteiger partial charge in [-0.25, -0.2) is 13.6 Å². The van der Waals surface area contributed by atoms with E-state index in [0.717, 1.165) is 0 Å². The molecule has 0 aromatic heterocycles.